The van der Waals surface area contributed by atoms with Gasteiger partial charge in [0.25, 0.3) is 0 Å². The van der Waals surface area contributed by atoms with Gasteiger partial charge in [0.2, 0.25) is 0 Å². The van der Waals surface area contributed by atoms with Gasteiger partial charge in [-0.1, -0.05) is 24.3 Å². The first kappa shape index (κ1) is 14.7. The molecule has 2 aromatic rings. The number of carboxylic acid groups (broad SMARTS) is 1. The number of anilines is 1. The first-order valence-electron chi connectivity index (χ1n) is 5.76. The standard InChI is InChI=1S/C14H10F3NO3/c15-14(16,17)21-12-4-2-1-3-9(12)8-5-6-11(18)10(7-8)13(19)20/h1-7H,18H2,(H,19,20). The van der Waals surface area contributed by atoms with Gasteiger partial charge >= 0.3 is 12.3 Å². The molecule has 0 spiro atoms. The van der Waals surface area contributed by atoms with Crippen molar-refractivity contribution in [3.05, 3.63) is 48.0 Å². The van der Waals surface area contributed by atoms with E-state index in [2.05, 4.69) is 4.74 Å². The van der Waals surface area contributed by atoms with Gasteiger partial charge in [0.15, 0.2) is 0 Å². The fourth-order valence-electron chi connectivity index (χ4n) is 1.83. The van der Waals surface area contributed by atoms with Gasteiger partial charge in [-0.15, -0.1) is 13.2 Å². The monoisotopic (exact) mass is 297 g/mol. The van der Waals surface area contributed by atoms with E-state index in [4.69, 9.17) is 10.8 Å². The number of nitrogens with two attached hydrogens (primary N) is 1. The van der Waals surface area contributed by atoms with Crippen LogP contribution >= 0.6 is 0 Å². The Morgan fingerprint density at radius 1 is 1.14 bits per heavy atom. The number of hydrogen-bond acceptors (Lipinski definition) is 3. The van der Waals surface area contributed by atoms with Crippen molar-refractivity contribution in [1.82, 2.24) is 0 Å². The molecule has 0 aliphatic heterocycles. The maximum Gasteiger partial charge on any atom is 0.573 e. The largest absolute Gasteiger partial charge is 0.573 e. The molecule has 0 heterocycles. The topological polar surface area (TPSA) is 72.5 Å². The lowest BCUT2D eigenvalue weighted by Gasteiger charge is -2.14. The van der Waals surface area contributed by atoms with E-state index in [0.29, 0.717) is 0 Å². The zero-order valence-corrected chi connectivity index (χ0v) is 10.5. The molecule has 110 valence electrons. The van der Waals surface area contributed by atoms with Crippen molar-refractivity contribution in [2.24, 2.45) is 0 Å². The summed E-state index contributed by atoms with van der Waals surface area (Å²) in [6.07, 6.45) is -4.83. The molecule has 0 radical (unpaired) electrons. The molecule has 0 aliphatic rings. The molecule has 21 heavy (non-hydrogen) atoms. The second-order valence-corrected chi connectivity index (χ2v) is 4.15. The van der Waals surface area contributed by atoms with Crippen molar-refractivity contribution in [2.75, 3.05) is 5.73 Å². The molecule has 3 N–H and O–H groups in total. The number of para-hydroxylation sites is 1. The number of alkyl halides is 3. The van der Waals surface area contributed by atoms with E-state index in [-0.39, 0.29) is 22.4 Å². The van der Waals surface area contributed by atoms with Crippen LogP contribution < -0.4 is 10.5 Å². The van der Waals surface area contributed by atoms with Gasteiger partial charge in [0, 0.05) is 11.3 Å². The molecule has 0 saturated carbocycles. The van der Waals surface area contributed by atoms with Gasteiger partial charge in [0.05, 0.1) is 5.56 Å². The minimum absolute atomic E-state index is 0.0282. The van der Waals surface area contributed by atoms with Crippen LogP contribution in [0.5, 0.6) is 5.75 Å². The molecule has 0 fully saturated rings. The van der Waals surface area contributed by atoms with Gasteiger partial charge in [0.1, 0.15) is 5.75 Å². The summed E-state index contributed by atoms with van der Waals surface area (Å²) in [5.41, 5.74) is 5.75. The number of nitrogen functional groups attached to an aromatic ring is 1. The molecule has 0 saturated heterocycles. The highest BCUT2D eigenvalue weighted by molar-refractivity contribution is 5.95. The van der Waals surface area contributed by atoms with E-state index < -0.39 is 18.1 Å². The highest BCUT2D eigenvalue weighted by Crippen LogP contribution is 2.34. The zero-order valence-electron chi connectivity index (χ0n) is 10.5. The maximum atomic E-state index is 12.4. The Labute approximate surface area is 117 Å². The van der Waals surface area contributed by atoms with Crippen molar-refractivity contribution < 1.29 is 27.8 Å². The van der Waals surface area contributed by atoms with Crippen LogP contribution in [0.3, 0.4) is 0 Å². The molecule has 0 aliphatic carbocycles. The Balaban J connectivity index is 2.52. The highest BCUT2D eigenvalue weighted by Gasteiger charge is 2.32. The summed E-state index contributed by atoms with van der Waals surface area (Å²) in [6.45, 7) is 0. The average Bonchev–Trinajstić information content (AvgIpc) is 2.38. The van der Waals surface area contributed by atoms with Crippen molar-refractivity contribution in [3.8, 4) is 16.9 Å². The predicted molar refractivity (Wildman–Crippen MR) is 69.9 cm³/mol. The van der Waals surface area contributed by atoms with Crippen LogP contribution in [-0.2, 0) is 0 Å². The number of rotatable bonds is 3. The van der Waals surface area contributed by atoms with Crippen LogP contribution in [0.25, 0.3) is 11.1 Å². The third kappa shape index (κ3) is 3.44. The van der Waals surface area contributed by atoms with Gasteiger partial charge in [-0.3, -0.25) is 0 Å². The van der Waals surface area contributed by atoms with Crippen LogP contribution in [0.1, 0.15) is 10.4 Å². The number of hydrogen-bond donors (Lipinski definition) is 2. The van der Waals surface area contributed by atoms with Gasteiger partial charge in [-0.25, -0.2) is 4.79 Å². The molecule has 2 rings (SSSR count). The summed E-state index contributed by atoms with van der Waals surface area (Å²) in [5, 5.41) is 9.00. The van der Waals surface area contributed by atoms with Gasteiger partial charge in [-0.2, -0.15) is 0 Å². The molecule has 7 heteroatoms. The molecule has 2 aromatic carbocycles. The third-order valence-corrected chi connectivity index (χ3v) is 2.71. The second kappa shape index (κ2) is 5.35. The summed E-state index contributed by atoms with van der Waals surface area (Å²) >= 11 is 0. The Kier molecular flexibility index (Phi) is 3.75. The number of halogens is 3. The number of carboxylic acids is 1. The average molecular weight is 297 g/mol. The molecular weight excluding hydrogens is 287 g/mol. The molecule has 0 bridgehead atoms. The van der Waals surface area contributed by atoms with Crippen LogP contribution in [0.4, 0.5) is 18.9 Å². The van der Waals surface area contributed by atoms with Crippen molar-refractivity contribution in [1.29, 1.82) is 0 Å². The van der Waals surface area contributed by atoms with Gasteiger partial charge < -0.3 is 15.6 Å². The first-order chi connectivity index (χ1) is 9.78. The summed E-state index contributed by atoms with van der Waals surface area (Å²) in [7, 11) is 0. The fourth-order valence-corrected chi connectivity index (χ4v) is 1.83. The second-order valence-electron chi connectivity index (χ2n) is 4.15. The van der Waals surface area contributed by atoms with E-state index in [1.165, 1.54) is 36.4 Å². The number of carbonyl (C=O) groups is 1. The van der Waals surface area contributed by atoms with Crippen LogP contribution in [-0.4, -0.2) is 17.4 Å². The molecule has 0 unspecified atom stereocenters. The molecule has 4 nitrogen and oxygen atoms in total. The SMILES string of the molecule is Nc1ccc(-c2ccccc2OC(F)(F)F)cc1C(=O)O. The molecule has 0 amide bonds. The molecule has 0 atom stereocenters. The van der Waals surface area contributed by atoms with Crippen LogP contribution in [0.15, 0.2) is 42.5 Å². The Bertz CT molecular complexity index is 683. The summed E-state index contributed by atoms with van der Waals surface area (Å²) < 4.78 is 41.1. The van der Waals surface area contributed by atoms with Gasteiger partial charge in [-0.05, 0) is 23.8 Å². The van der Waals surface area contributed by atoms with E-state index in [0.717, 1.165) is 6.07 Å². The van der Waals surface area contributed by atoms with E-state index in [1.54, 1.807) is 0 Å². The minimum atomic E-state index is -4.83. The first-order valence-corrected chi connectivity index (χ1v) is 5.76. The van der Waals surface area contributed by atoms with Crippen molar-refractivity contribution in [3.63, 3.8) is 0 Å². The van der Waals surface area contributed by atoms with Crippen molar-refractivity contribution in [2.45, 2.75) is 6.36 Å². The predicted octanol–water partition coefficient (Wildman–Crippen LogP) is 3.53. The normalized spacial score (nSPS) is 11.2. The lowest BCUT2D eigenvalue weighted by molar-refractivity contribution is -0.274. The highest BCUT2D eigenvalue weighted by atomic mass is 19.4. The van der Waals surface area contributed by atoms with E-state index in [1.807, 2.05) is 0 Å². The van der Waals surface area contributed by atoms with Crippen LogP contribution in [0.2, 0.25) is 0 Å². The number of ether oxygens (including phenoxy) is 1. The quantitative estimate of drug-likeness (QED) is 0.850. The zero-order chi connectivity index (χ0) is 15.6. The van der Waals surface area contributed by atoms with Crippen LogP contribution in [0, 0.1) is 0 Å². The minimum Gasteiger partial charge on any atom is -0.478 e. The number of aromatic carboxylic acids is 1. The Morgan fingerprint density at radius 2 is 1.81 bits per heavy atom. The maximum absolute atomic E-state index is 12.4. The lowest BCUT2D eigenvalue weighted by Crippen LogP contribution is -2.17. The van der Waals surface area contributed by atoms with E-state index in [9.17, 15) is 18.0 Å². The number of benzene rings is 2. The summed E-state index contributed by atoms with van der Waals surface area (Å²) in [4.78, 5) is 11.0. The summed E-state index contributed by atoms with van der Waals surface area (Å²) in [5.74, 6) is -1.67. The Morgan fingerprint density at radius 3 is 2.43 bits per heavy atom. The molecular formula is C14H10F3NO3. The smallest absolute Gasteiger partial charge is 0.478 e. The molecule has 0 aromatic heterocycles. The van der Waals surface area contributed by atoms with E-state index >= 15 is 0 Å². The lowest BCUT2D eigenvalue weighted by atomic mass is 10.0. The van der Waals surface area contributed by atoms with Crippen molar-refractivity contribution >= 4 is 11.7 Å². The fraction of sp³-hybridized carbons (Fsp3) is 0.0714. The summed E-state index contributed by atoms with van der Waals surface area (Å²) in [6, 6.07) is 9.42. The Hall–Kier alpha value is -2.70. The third-order valence-electron chi connectivity index (χ3n) is 2.71.